The van der Waals surface area contributed by atoms with E-state index < -0.39 is 10.6 Å². The molecule has 0 radical (unpaired) electrons. The lowest BCUT2D eigenvalue weighted by atomic mass is 10.2. The van der Waals surface area contributed by atoms with E-state index in [4.69, 9.17) is 29.3 Å². The summed E-state index contributed by atoms with van der Waals surface area (Å²) < 4.78 is 25.3. The molecule has 1 aromatic heterocycles. The highest BCUT2D eigenvalue weighted by Crippen LogP contribution is 2.18. The van der Waals surface area contributed by atoms with Gasteiger partial charge in [-0.25, -0.2) is 0 Å². The molecule has 0 aliphatic carbocycles. The van der Waals surface area contributed by atoms with E-state index in [0.717, 1.165) is 11.3 Å². The maximum Gasteiger partial charge on any atom is 0.425 e. The van der Waals surface area contributed by atoms with Gasteiger partial charge in [0.05, 0.1) is 6.61 Å². The van der Waals surface area contributed by atoms with Crippen LogP contribution in [-0.4, -0.2) is 52.4 Å². The molecule has 0 unspecified atom stereocenters. The van der Waals surface area contributed by atoms with Crippen molar-refractivity contribution in [2.75, 3.05) is 29.9 Å². The first kappa shape index (κ1) is 20.7. The van der Waals surface area contributed by atoms with Crippen LogP contribution in [0.1, 0.15) is 12.5 Å². The number of nitrogens with zero attached hydrogens (tertiary/aromatic N) is 4. The van der Waals surface area contributed by atoms with Crippen LogP contribution in [0.25, 0.3) is 0 Å². The summed E-state index contributed by atoms with van der Waals surface area (Å²) in [4.78, 5) is 14.4. The van der Waals surface area contributed by atoms with E-state index in [1.807, 2.05) is 43.0 Å². The van der Waals surface area contributed by atoms with Gasteiger partial charge in [-0.05, 0) is 43.1 Å². The van der Waals surface area contributed by atoms with Gasteiger partial charge in [0.15, 0.2) is 0 Å². The molecule has 0 aliphatic rings. The molecule has 0 saturated carbocycles. The Kier molecular flexibility index (Phi) is 8.75. The van der Waals surface area contributed by atoms with Crippen LogP contribution in [0.2, 0.25) is 5.28 Å². The van der Waals surface area contributed by atoms with E-state index in [-0.39, 0.29) is 11.9 Å². The summed E-state index contributed by atoms with van der Waals surface area (Å²) in [6.45, 7) is 5.11. The normalized spacial score (nSPS) is 9.76. The zero-order chi connectivity index (χ0) is 18.8. The number of halogens is 1. The van der Waals surface area contributed by atoms with E-state index in [1.165, 1.54) is 0 Å². The molecule has 136 valence electrons. The minimum atomic E-state index is -3.11. The molecule has 2 aromatic rings. The molecule has 0 spiro atoms. The number of anilines is 3. The number of rotatable bonds is 6. The molecule has 0 aliphatic heterocycles. The Morgan fingerprint density at radius 2 is 1.92 bits per heavy atom. The standard InChI is InChI=1S/C14H18ClN5O.O3S/c1-3-20(7-8-21)14-18-12(15)17-13(19-14)16-11-6-4-5-10(2)9-11;1-4(2)3/h4-6,9,21H,3,7-8H2,1-2H3,(H,16,17,18,19);. The van der Waals surface area contributed by atoms with E-state index in [2.05, 4.69) is 20.3 Å². The predicted octanol–water partition coefficient (Wildman–Crippen LogP) is 1.39. The summed E-state index contributed by atoms with van der Waals surface area (Å²) in [7, 11) is -3.11. The first-order valence-corrected chi connectivity index (χ1v) is 8.61. The molecule has 1 heterocycles. The highest BCUT2D eigenvalue weighted by atomic mass is 35.5. The number of hydrogen-bond donors (Lipinski definition) is 2. The van der Waals surface area contributed by atoms with Gasteiger partial charge < -0.3 is 15.3 Å². The fraction of sp³-hybridized carbons (Fsp3) is 0.357. The third kappa shape index (κ3) is 7.88. The predicted molar refractivity (Wildman–Crippen MR) is 94.0 cm³/mol. The smallest absolute Gasteiger partial charge is 0.395 e. The van der Waals surface area contributed by atoms with E-state index in [9.17, 15) is 0 Å². The number of nitrogens with one attached hydrogen (secondary N) is 1. The van der Waals surface area contributed by atoms with Crippen LogP contribution in [0, 0.1) is 6.92 Å². The zero-order valence-corrected chi connectivity index (χ0v) is 15.3. The third-order valence-electron chi connectivity index (χ3n) is 2.91. The van der Waals surface area contributed by atoms with Gasteiger partial charge in [0.1, 0.15) is 0 Å². The van der Waals surface area contributed by atoms with E-state index in [1.54, 1.807) is 0 Å². The van der Waals surface area contributed by atoms with Crippen LogP contribution in [0.15, 0.2) is 24.3 Å². The van der Waals surface area contributed by atoms with E-state index >= 15 is 0 Å². The van der Waals surface area contributed by atoms with Crippen molar-refractivity contribution >= 4 is 39.8 Å². The minimum absolute atomic E-state index is 0.0256. The number of aromatic nitrogens is 3. The molecule has 0 saturated heterocycles. The average Bonchev–Trinajstić information content (AvgIpc) is 2.51. The lowest BCUT2D eigenvalue weighted by Crippen LogP contribution is -2.28. The third-order valence-corrected chi connectivity index (χ3v) is 3.07. The van der Waals surface area contributed by atoms with Crippen LogP contribution >= 0.6 is 11.6 Å². The summed E-state index contributed by atoms with van der Waals surface area (Å²) in [6.07, 6.45) is 0. The number of hydrogen-bond acceptors (Lipinski definition) is 9. The number of benzene rings is 1. The van der Waals surface area contributed by atoms with Gasteiger partial charge in [-0.2, -0.15) is 15.0 Å². The van der Waals surface area contributed by atoms with Crippen LogP contribution in [0.3, 0.4) is 0 Å². The lowest BCUT2D eigenvalue weighted by molar-refractivity contribution is 0.301. The Morgan fingerprint density at radius 1 is 1.24 bits per heavy atom. The highest BCUT2D eigenvalue weighted by molar-refractivity contribution is 7.59. The number of aliphatic hydroxyl groups is 1. The number of aryl methyl sites for hydroxylation is 1. The molecular weight excluding hydrogens is 370 g/mol. The Morgan fingerprint density at radius 3 is 2.48 bits per heavy atom. The van der Waals surface area contributed by atoms with Crippen LogP contribution in [0.5, 0.6) is 0 Å². The summed E-state index contributed by atoms with van der Waals surface area (Å²) in [5.74, 6) is 0.827. The fourth-order valence-electron chi connectivity index (χ4n) is 1.91. The van der Waals surface area contributed by atoms with Gasteiger partial charge in [-0.3, -0.25) is 0 Å². The van der Waals surface area contributed by atoms with Crippen molar-refractivity contribution in [2.45, 2.75) is 13.8 Å². The Labute approximate surface area is 151 Å². The number of likely N-dealkylation sites (N-methyl/N-ethyl adjacent to an activating group) is 1. The summed E-state index contributed by atoms with van der Waals surface area (Å²) in [5.41, 5.74) is 2.02. The SMILES string of the molecule is CCN(CCO)c1nc(Cl)nc(Nc2cccc(C)c2)n1.O=S(=O)=O. The van der Waals surface area contributed by atoms with Gasteiger partial charge >= 0.3 is 10.6 Å². The van der Waals surface area contributed by atoms with Crippen molar-refractivity contribution in [3.8, 4) is 0 Å². The van der Waals surface area contributed by atoms with Crippen molar-refractivity contribution in [1.82, 2.24) is 15.0 Å². The van der Waals surface area contributed by atoms with Crippen molar-refractivity contribution in [1.29, 1.82) is 0 Å². The zero-order valence-electron chi connectivity index (χ0n) is 13.7. The molecule has 1 aromatic carbocycles. The maximum absolute atomic E-state index is 9.07. The number of aliphatic hydroxyl groups excluding tert-OH is 1. The van der Waals surface area contributed by atoms with Gasteiger partial charge in [-0.15, -0.1) is 12.6 Å². The summed E-state index contributed by atoms with van der Waals surface area (Å²) in [5, 5.41) is 12.3. The maximum atomic E-state index is 9.07. The summed E-state index contributed by atoms with van der Waals surface area (Å²) >= 11 is 5.96. The largest absolute Gasteiger partial charge is 0.425 e. The Balaban J connectivity index is 0.000000705. The quantitative estimate of drug-likeness (QED) is 0.755. The summed E-state index contributed by atoms with van der Waals surface area (Å²) in [6, 6.07) is 7.88. The molecule has 0 atom stereocenters. The van der Waals surface area contributed by atoms with Crippen molar-refractivity contribution in [3.63, 3.8) is 0 Å². The van der Waals surface area contributed by atoms with Crippen molar-refractivity contribution < 1.29 is 17.7 Å². The second-order valence-corrected chi connectivity index (χ2v) is 5.48. The van der Waals surface area contributed by atoms with Gasteiger partial charge in [0.25, 0.3) is 0 Å². The first-order chi connectivity index (χ1) is 11.8. The highest BCUT2D eigenvalue weighted by Gasteiger charge is 2.11. The second-order valence-electron chi connectivity index (χ2n) is 4.73. The molecule has 9 nitrogen and oxygen atoms in total. The van der Waals surface area contributed by atoms with Crippen molar-refractivity contribution in [2.24, 2.45) is 0 Å². The molecule has 2 N–H and O–H groups in total. The molecular formula is C14H18ClN5O4S. The Hall–Kier alpha value is -2.30. The second kappa shape index (κ2) is 10.5. The fourth-order valence-corrected chi connectivity index (χ4v) is 2.06. The van der Waals surface area contributed by atoms with Crippen LogP contribution in [0.4, 0.5) is 17.6 Å². The van der Waals surface area contributed by atoms with Gasteiger partial charge in [0, 0.05) is 18.8 Å². The average molecular weight is 388 g/mol. The molecule has 2 rings (SSSR count). The molecule has 25 heavy (non-hydrogen) atoms. The van der Waals surface area contributed by atoms with Gasteiger partial charge in [-0.1, -0.05) is 12.1 Å². The monoisotopic (exact) mass is 387 g/mol. The molecule has 0 fully saturated rings. The van der Waals surface area contributed by atoms with E-state index in [0.29, 0.717) is 25.0 Å². The van der Waals surface area contributed by atoms with Crippen LogP contribution < -0.4 is 10.2 Å². The molecule has 11 heteroatoms. The molecule has 0 amide bonds. The minimum Gasteiger partial charge on any atom is -0.395 e. The van der Waals surface area contributed by atoms with Gasteiger partial charge in [0.2, 0.25) is 17.2 Å². The topological polar surface area (TPSA) is 125 Å². The Bertz CT molecular complexity index is 797. The lowest BCUT2D eigenvalue weighted by Gasteiger charge is -2.19. The first-order valence-electron chi connectivity index (χ1n) is 7.23. The van der Waals surface area contributed by atoms with Crippen molar-refractivity contribution in [3.05, 3.63) is 35.1 Å². The molecule has 0 bridgehead atoms. The van der Waals surface area contributed by atoms with Crippen LogP contribution in [-0.2, 0) is 10.6 Å².